The molecule has 2 aromatic rings. The second-order valence-corrected chi connectivity index (χ2v) is 5.38. The van der Waals surface area contributed by atoms with E-state index in [9.17, 15) is 5.11 Å². The summed E-state index contributed by atoms with van der Waals surface area (Å²) in [7, 11) is 1.64. The van der Waals surface area contributed by atoms with Gasteiger partial charge in [0.15, 0.2) is 11.5 Å². The Hall–Kier alpha value is -1.81. The van der Waals surface area contributed by atoms with Crippen LogP contribution in [0.2, 0.25) is 0 Å². The van der Waals surface area contributed by atoms with Gasteiger partial charge in [-0.1, -0.05) is 6.07 Å². The van der Waals surface area contributed by atoms with Crippen molar-refractivity contribution in [2.45, 2.75) is 31.3 Å². The van der Waals surface area contributed by atoms with E-state index >= 15 is 0 Å². The SMILES string of the molecule is COc1cc2cccnc2cc1OCCCC1(O)CC1. The predicted molar refractivity (Wildman–Crippen MR) is 77.2 cm³/mol. The number of hydrogen-bond donors (Lipinski definition) is 1. The molecule has 0 radical (unpaired) electrons. The van der Waals surface area contributed by atoms with E-state index in [0.29, 0.717) is 12.4 Å². The topological polar surface area (TPSA) is 51.6 Å². The summed E-state index contributed by atoms with van der Waals surface area (Å²) in [5.74, 6) is 1.43. The number of hydrogen-bond acceptors (Lipinski definition) is 4. The quantitative estimate of drug-likeness (QED) is 0.822. The lowest BCUT2D eigenvalue weighted by Crippen LogP contribution is -2.09. The van der Waals surface area contributed by atoms with Crippen LogP contribution >= 0.6 is 0 Å². The summed E-state index contributed by atoms with van der Waals surface area (Å²) in [6, 6.07) is 7.74. The highest BCUT2D eigenvalue weighted by Gasteiger charge is 2.39. The van der Waals surface area contributed by atoms with Gasteiger partial charge < -0.3 is 14.6 Å². The van der Waals surface area contributed by atoms with Crippen LogP contribution in [-0.4, -0.2) is 29.4 Å². The zero-order valence-electron chi connectivity index (χ0n) is 11.6. The lowest BCUT2D eigenvalue weighted by atomic mass is 10.2. The average molecular weight is 273 g/mol. The molecule has 0 bridgehead atoms. The van der Waals surface area contributed by atoms with Crippen molar-refractivity contribution < 1.29 is 14.6 Å². The number of aromatic nitrogens is 1. The number of aliphatic hydroxyl groups is 1. The van der Waals surface area contributed by atoms with Gasteiger partial charge in [-0.2, -0.15) is 0 Å². The molecule has 20 heavy (non-hydrogen) atoms. The minimum atomic E-state index is -0.404. The van der Waals surface area contributed by atoms with Crippen LogP contribution in [-0.2, 0) is 0 Å². The molecule has 1 aromatic heterocycles. The molecule has 4 nitrogen and oxygen atoms in total. The second kappa shape index (κ2) is 5.29. The number of methoxy groups -OCH3 is 1. The Morgan fingerprint density at radius 3 is 2.90 bits per heavy atom. The fraction of sp³-hybridized carbons (Fsp3) is 0.438. The van der Waals surface area contributed by atoms with Crippen LogP contribution in [0.3, 0.4) is 0 Å². The fourth-order valence-corrected chi connectivity index (χ4v) is 2.33. The van der Waals surface area contributed by atoms with E-state index in [1.54, 1.807) is 13.3 Å². The first-order chi connectivity index (χ1) is 9.70. The van der Waals surface area contributed by atoms with Gasteiger partial charge in [0.25, 0.3) is 0 Å². The number of pyridine rings is 1. The molecule has 1 fully saturated rings. The van der Waals surface area contributed by atoms with E-state index in [2.05, 4.69) is 4.98 Å². The molecule has 3 rings (SSSR count). The van der Waals surface area contributed by atoms with Gasteiger partial charge in [0.2, 0.25) is 0 Å². The largest absolute Gasteiger partial charge is 0.493 e. The molecule has 1 heterocycles. The van der Waals surface area contributed by atoms with Gasteiger partial charge in [-0.3, -0.25) is 4.98 Å². The number of nitrogens with zero attached hydrogens (tertiary/aromatic N) is 1. The van der Waals surface area contributed by atoms with Crippen molar-refractivity contribution in [1.29, 1.82) is 0 Å². The van der Waals surface area contributed by atoms with Gasteiger partial charge in [0.05, 0.1) is 24.8 Å². The summed E-state index contributed by atoms with van der Waals surface area (Å²) in [4.78, 5) is 4.32. The zero-order valence-corrected chi connectivity index (χ0v) is 11.6. The van der Waals surface area contributed by atoms with Crippen LogP contribution in [0.4, 0.5) is 0 Å². The van der Waals surface area contributed by atoms with Gasteiger partial charge >= 0.3 is 0 Å². The smallest absolute Gasteiger partial charge is 0.163 e. The molecule has 0 spiro atoms. The molecule has 0 aliphatic heterocycles. The van der Waals surface area contributed by atoms with Crippen LogP contribution in [0, 0.1) is 0 Å². The maximum Gasteiger partial charge on any atom is 0.163 e. The van der Waals surface area contributed by atoms with E-state index in [-0.39, 0.29) is 0 Å². The average Bonchev–Trinajstić information content (AvgIpc) is 3.20. The van der Waals surface area contributed by atoms with Crippen LogP contribution < -0.4 is 9.47 Å². The maximum absolute atomic E-state index is 9.78. The van der Waals surface area contributed by atoms with Crippen molar-refractivity contribution in [2.75, 3.05) is 13.7 Å². The molecule has 4 heteroatoms. The monoisotopic (exact) mass is 273 g/mol. The van der Waals surface area contributed by atoms with Crippen molar-refractivity contribution in [3.05, 3.63) is 30.5 Å². The summed E-state index contributed by atoms with van der Waals surface area (Å²) in [5.41, 5.74) is 0.488. The van der Waals surface area contributed by atoms with E-state index in [0.717, 1.165) is 42.3 Å². The van der Waals surface area contributed by atoms with Gasteiger partial charge in [0, 0.05) is 17.6 Å². The third-order valence-electron chi connectivity index (χ3n) is 3.76. The summed E-state index contributed by atoms with van der Waals surface area (Å²) in [6.07, 6.45) is 5.27. The minimum Gasteiger partial charge on any atom is -0.493 e. The molecule has 1 aliphatic carbocycles. The Bertz CT molecular complexity index is 608. The third-order valence-corrected chi connectivity index (χ3v) is 3.76. The summed E-state index contributed by atoms with van der Waals surface area (Å²) < 4.78 is 11.1. The molecule has 1 aliphatic rings. The van der Waals surface area contributed by atoms with E-state index in [4.69, 9.17) is 9.47 Å². The zero-order chi connectivity index (χ0) is 14.0. The van der Waals surface area contributed by atoms with Crippen molar-refractivity contribution in [3.8, 4) is 11.5 Å². The first-order valence-electron chi connectivity index (χ1n) is 6.98. The van der Waals surface area contributed by atoms with Gasteiger partial charge in [-0.25, -0.2) is 0 Å². The van der Waals surface area contributed by atoms with E-state index in [1.165, 1.54) is 0 Å². The van der Waals surface area contributed by atoms with Crippen LogP contribution in [0.25, 0.3) is 10.9 Å². The molecule has 0 amide bonds. The molecule has 1 aromatic carbocycles. The van der Waals surface area contributed by atoms with Crippen LogP contribution in [0.15, 0.2) is 30.5 Å². The van der Waals surface area contributed by atoms with E-state index < -0.39 is 5.60 Å². The molecule has 1 N–H and O–H groups in total. The van der Waals surface area contributed by atoms with E-state index in [1.807, 2.05) is 24.3 Å². The fourth-order valence-electron chi connectivity index (χ4n) is 2.33. The summed E-state index contributed by atoms with van der Waals surface area (Å²) in [6.45, 7) is 0.580. The summed E-state index contributed by atoms with van der Waals surface area (Å²) >= 11 is 0. The third kappa shape index (κ3) is 2.85. The van der Waals surface area contributed by atoms with Crippen molar-refractivity contribution in [1.82, 2.24) is 4.98 Å². The lowest BCUT2D eigenvalue weighted by Gasteiger charge is -2.12. The molecule has 106 valence electrons. The molecular formula is C16H19NO3. The Morgan fingerprint density at radius 1 is 1.30 bits per heavy atom. The molecule has 1 saturated carbocycles. The minimum absolute atomic E-state index is 0.404. The van der Waals surface area contributed by atoms with Crippen LogP contribution in [0.1, 0.15) is 25.7 Å². The highest BCUT2D eigenvalue weighted by molar-refractivity contribution is 5.82. The van der Waals surface area contributed by atoms with Gasteiger partial charge in [-0.15, -0.1) is 0 Å². The maximum atomic E-state index is 9.78. The first kappa shape index (κ1) is 13.2. The standard InChI is InChI=1S/C16H19NO3/c1-19-14-10-12-4-2-8-17-13(12)11-15(14)20-9-3-5-16(18)6-7-16/h2,4,8,10-11,18H,3,5-7,9H2,1H3. The Morgan fingerprint density at radius 2 is 2.15 bits per heavy atom. The van der Waals surface area contributed by atoms with Crippen molar-refractivity contribution in [3.63, 3.8) is 0 Å². The van der Waals surface area contributed by atoms with Crippen molar-refractivity contribution >= 4 is 10.9 Å². The molecule has 0 unspecified atom stereocenters. The highest BCUT2D eigenvalue weighted by Crippen LogP contribution is 2.39. The molecule has 0 atom stereocenters. The van der Waals surface area contributed by atoms with Crippen LogP contribution in [0.5, 0.6) is 11.5 Å². The number of fused-ring (bicyclic) bond motifs is 1. The second-order valence-electron chi connectivity index (χ2n) is 5.38. The molecular weight excluding hydrogens is 254 g/mol. The first-order valence-corrected chi connectivity index (χ1v) is 6.98. The van der Waals surface area contributed by atoms with Gasteiger partial charge in [0.1, 0.15) is 0 Å². The Kier molecular flexibility index (Phi) is 3.49. The summed E-state index contributed by atoms with van der Waals surface area (Å²) in [5, 5.41) is 10.8. The van der Waals surface area contributed by atoms with Gasteiger partial charge in [-0.05, 0) is 37.8 Å². The highest BCUT2D eigenvalue weighted by atomic mass is 16.5. The number of benzene rings is 1. The number of ether oxygens (including phenoxy) is 2. The Labute approximate surface area is 118 Å². The number of rotatable bonds is 6. The van der Waals surface area contributed by atoms with Crippen molar-refractivity contribution in [2.24, 2.45) is 0 Å². The predicted octanol–water partition coefficient (Wildman–Crippen LogP) is 2.93. The molecule has 0 saturated heterocycles. The lowest BCUT2D eigenvalue weighted by molar-refractivity contribution is 0.129. The normalized spacial score (nSPS) is 16.1. The Balaban J connectivity index is 1.69.